The third-order valence-electron chi connectivity index (χ3n) is 4.83. The molecule has 0 radical (unpaired) electrons. The van der Waals surface area contributed by atoms with Gasteiger partial charge in [0.1, 0.15) is 5.76 Å². The molecule has 3 heterocycles. The Kier molecular flexibility index (Phi) is 6.52. The molecule has 162 valence electrons. The summed E-state index contributed by atoms with van der Waals surface area (Å²) in [6.45, 7) is 6.38. The number of hydrogen-bond acceptors (Lipinski definition) is 9. The van der Waals surface area contributed by atoms with Crippen LogP contribution in [0.2, 0.25) is 0 Å². The highest BCUT2D eigenvalue weighted by atomic mass is 32.2. The van der Waals surface area contributed by atoms with Crippen LogP contribution >= 0.6 is 23.1 Å². The molecule has 0 bridgehead atoms. The molecule has 1 aliphatic heterocycles. The van der Waals surface area contributed by atoms with Crippen molar-refractivity contribution in [2.75, 3.05) is 42.1 Å². The van der Waals surface area contributed by atoms with E-state index >= 15 is 0 Å². The summed E-state index contributed by atoms with van der Waals surface area (Å²) in [5.41, 5.74) is 1.74. The summed E-state index contributed by atoms with van der Waals surface area (Å²) in [5.74, 6) is 1.13. The van der Waals surface area contributed by atoms with E-state index in [0.717, 1.165) is 20.6 Å². The van der Waals surface area contributed by atoms with Gasteiger partial charge in [-0.1, -0.05) is 46.5 Å². The van der Waals surface area contributed by atoms with Gasteiger partial charge in [-0.3, -0.25) is 9.59 Å². The lowest BCUT2D eigenvalue weighted by molar-refractivity contribution is -0.113. The summed E-state index contributed by atoms with van der Waals surface area (Å²) in [6.07, 6.45) is 0. The van der Waals surface area contributed by atoms with Gasteiger partial charge in [-0.2, -0.15) is 0 Å². The Labute approximate surface area is 187 Å². The molecular weight excluding hydrogens is 436 g/mol. The molecule has 1 aromatic carbocycles. The number of anilines is 2. The minimum atomic E-state index is -0.182. The molecule has 0 saturated carbocycles. The largest absolute Gasteiger partial charge is 0.360 e. The van der Waals surface area contributed by atoms with Crippen molar-refractivity contribution >= 4 is 45.9 Å². The number of rotatable bonds is 6. The molecule has 1 fully saturated rings. The lowest BCUT2D eigenvalue weighted by Gasteiger charge is -2.34. The molecule has 1 N–H and O–H groups in total. The lowest BCUT2D eigenvalue weighted by Crippen LogP contribution is -2.48. The SMILES string of the molecule is Cc1cc(NC(=O)CSc2nnc(N3CCN(C(=O)c4ccccc4C)CC3)s2)no1. The molecule has 31 heavy (non-hydrogen) atoms. The van der Waals surface area contributed by atoms with Crippen molar-refractivity contribution in [1.29, 1.82) is 0 Å². The van der Waals surface area contributed by atoms with Crippen LogP contribution in [0.3, 0.4) is 0 Å². The molecule has 3 aromatic rings. The molecule has 9 nitrogen and oxygen atoms in total. The van der Waals surface area contributed by atoms with Crippen molar-refractivity contribution in [3.05, 3.63) is 47.2 Å². The number of nitrogens with one attached hydrogen (secondary N) is 1. The number of nitrogens with zero attached hydrogens (tertiary/aromatic N) is 5. The van der Waals surface area contributed by atoms with E-state index in [0.29, 0.717) is 37.8 Å². The van der Waals surface area contributed by atoms with Gasteiger partial charge in [0.2, 0.25) is 11.0 Å². The van der Waals surface area contributed by atoms with Gasteiger partial charge < -0.3 is 19.6 Å². The summed E-state index contributed by atoms with van der Waals surface area (Å²) < 4.78 is 5.65. The van der Waals surface area contributed by atoms with Gasteiger partial charge in [0.25, 0.3) is 5.91 Å². The monoisotopic (exact) mass is 458 g/mol. The van der Waals surface area contributed by atoms with E-state index in [1.54, 1.807) is 13.0 Å². The first kappa shape index (κ1) is 21.3. The lowest BCUT2D eigenvalue weighted by atomic mass is 10.1. The first-order chi connectivity index (χ1) is 15.0. The van der Waals surface area contributed by atoms with Crippen molar-refractivity contribution < 1.29 is 14.1 Å². The van der Waals surface area contributed by atoms with Gasteiger partial charge in [-0.05, 0) is 25.5 Å². The second-order valence-corrected chi connectivity index (χ2v) is 9.28. The molecule has 0 spiro atoms. The number of hydrogen-bond donors (Lipinski definition) is 1. The normalized spacial score (nSPS) is 14.0. The van der Waals surface area contributed by atoms with E-state index in [4.69, 9.17) is 4.52 Å². The van der Waals surface area contributed by atoms with Crippen molar-refractivity contribution in [3.63, 3.8) is 0 Å². The van der Waals surface area contributed by atoms with Crippen LogP contribution in [0.25, 0.3) is 0 Å². The molecule has 11 heteroatoms. The first-order valence-corrected chi connectivity index (χ1v) is 11.6. The molecule has 2 amide bonds. The summed E-state index contributed by atoms with van der Waals surface area (Å²) in [7, 11) is 0. The van der Waals surface area contributed by atoms with Crippen molar-refractivity contribution in [3.8, 4) is 0 Å². The Bertz CT molecular complexity index is 1070. The maximum atomic E-state index is 12.8. The van der Waals surface area contributed by atoms with Gasteiger partial charge >= 0.3 is 0 Å². The van der Waals surface area contributed by atoms with Crippen LogP contribution in [-0.2, 0) is 4.79 Å². The van der Waals surface area contributed by atoms with Gasteiger partial charge in [-0.25, -0.2) is 0 Å². The molecule has 0 aliphatic carbocycles. The van der Waals surface area contributed by atoms with E-state index in [1.165, 1.54) is 23.1 Å². The maximum absolute atomic E-state index is 12.8. The van der Waals surface area contributed by atoms with Gasteiger partial charge in [0.15, 0.2) is 10.2 Å². The molecule has 2 aromatic heterocycles. The Morgan fingerprint density at radius 1 is 1.16 bits per heavy atom. The first-order valence-electron chi connectivity index (χ1n) is 9.79. The van der Waals surface area contributed by atoms with Crippen LogP contribution in [0.15, 0.2) is 39.2 Å². The summed E-state index contributed by atoms with van der Waals surface area (Å²) in [5, 5.41) is 15.7. The predicted molar refractivity (Wildman–Crippen MR) is 120 cm³/mol. The summed E-state index contributed by atoms with van der Waals surface area (Å²) in [4.78, 5) is 28.8. The number of carbonyl (C=O) groups excluding carboxylic acids is 2. The Morgan fingerprint density at radius 2 is 1.94 bits per heavy atom. The highest BCUT2D eigenvalue weighted by Crippen LogP contribution is 2.29. The second kappa shape index (κ2) is 9.48. The molecule has 1 aliphatic rings. The number of thioether (sulfide) groups is 1. The predicted octanol–water partition coefficient (Wildman–Crippen LogP) is 2.84. The van der Waals surface area contributed by atoms with Crippen LogP contribution < -0.4 is 10.2 Å². The van der Waals surface area contributed by atoms with Crippen LogP contribution in [0.4, 0.5) is 10.9 Å². The zero-order valence-electron chi connectivity index (χ0n) is 17.2. The third-order valence-corrected chi connectivity index (χ3v) is 6.95. The zero-order chi connectivity index (χ0) is 21.8. The molecule has 0 unspecified atom stereocenters. The molecule has 1 saturated heterocycles. The van der Waals surface area contributed by atoms with E-state index in [2.05, 4.69) is 25.6 Å². The number of aryl methyl sites for hydroxylation is 2. The average Bonchev–Trinajstić information content (AvgIpc) is 3.41. The van der Waals surface area contributed by atoms with E-state index < -0.39 is 0 Å². The Morgan fingerprint density at radius 3 is 2.65 bits per heavy atom. The number of piperazine rings is 1. The van der Waals surface area contributed by atoms with E-state index in [-0.39, 0.29) is 17.6 Å². The molecule has 4 rings (SSSR count). The fourth-order valence-corrected chi connectivity index (χ4v) is 4.90. The zero-order valence-corrected chi connectivity index (χ0v) is 18.8. The van der Waals surface area contributed by atoms with Gasteiger partial charge in [0.05, 0.1) is 5.75 Å². The van der Waals surface area contributed by atoms with Crippen molar-refractivity contribution in [1.82, 2.24) is 20.3 Å². The van der Waals surface area contributed by atoms with Crippen LogP contribution in [0, 0.1) is 13.8 Å². The quantitative estimate of drug-likeness (QED) is 0.563. The minimum Gasteiger partial charge on any atom is -0.360 e. The van der Waals surface area contributed by atoms with Crippen molar-refractivity contribution in [2.24, 2.45) is 0 Å². The topological polar surface area (TPSA) is 104 Å². The fraction of sp³-hybridized carbons (Fsp3) is 0.350. The van der Waals surface area contributed by atoms with Gasteiger partial charge in [0, 0.05) is 37.8 Å². The second-order valence-electron chi connectivity index (χ2n) is 7.10. The summed E-state index contributed by atoms with van der Waals surface area (Å²) in [6, 6.07) is 9.32. The highest BCUT2D eigenvalue weighted by molar-refractivity contribution is 8.01. The van der Waals surface area contributed by atoms with Crippen LogP contribution in [0.1, 0.15) is 21.7 Å². The third kappa shape index (κ3) is 5.23. The molecular formula is C20H22N6O3S2. The number of amides is 2. The average molecular weight is 459 g/mol. The smallest absolute Gasteiger partial charge is 0.254 e. The highest BCUT2D eigenvalue weighted by Gasteiger charge is 2.25. The summed E-state index contributed by atoms with van der Waals surface area (Å²) >= 11 is 2.78. The maximum Gasteiger partial charge on any atom is 0.254 e. The number of carbonyl (C=O) groups is 2. The van der Waals surface area contributed by atoms with Crippen LogP contribution in [0.5, 0.6) is 0 Å². The minimum absolute atomic E-state index is 0.0691. The Hall–Kier alpha value is -2.92. The Balaban J connectivity index is 1.26. The van der Waals surface area contributed by atoms with E-state index in [9.17, 15) is 9.59 Å². The van der Waals surface area contributed by atoms with Gasteiger partial charge in [-0.15, -0.1) is 10.2 Å². The van der Waals surface area contributed by atoms with Crippen LogP contribution in [-0.4, -0.2) is 64.0 Å². The van der Waals surface area contributed by atoms with E-state index in [1.807, 2.05) is 36.1 Å². The fourth-order valence-electron chi connectivity index (χ4n) is 3.20. The number of aromatic nitrogens is 3. The molecule has 0 atom stereocenters. The number of benzene rings is 1. The standard InChI is InChI=1S/C20H22N6O3S2/c1-13-5-3-4-6-15(13)18(28)25-7-9-26(10-8-25)19-22-23-20(31-19)30-12-17(27)21-16-11-14(2)29-24-16/h3-6,11H,7-10,12H2,1-2H3,(H,21,24,27). The van der Waals surface area contributed by atoms with Crippen molar-refractivity contribution in [2.45, 2.75) is 18.2 Å².